The lowest BCUT2D eigenvalue weighted by molar-refractivity contribution is 0.301. The minimum atomic E-state index is -4.69. The quantitative estimate of drug-likeness (QED) is 0.508. The lowest BCUT2D eigenvalue weighted by Gasteiger charge is -2.02. The van der Waals surface area contributed by atoms with E-state index >= 15 is 0 Å². The van der Waals surface area contributed by atoms with Crippen LogP contribution >= 0.6 is 12.6 Å². The van der Waals surface area contributed by atoms with E-state index in [2.05, 4.69) is 29.6 Å². The fourth-order valence-electron chi connectivity index (χ4n) is 1.16. The summed E-state index contributed by atoms with van der Waals surface area (Å²) in [6.07, 6.45) is 0. The minimum Gasteiger partial charge on any atom is -0.426 e. The molecule has 0 radical (unpaired) electrons. The summed E-state index contributed by atoms with van der Waals surface area (Å²) in [6.45, 7) is 0. The molecule has 122 valence electrons. The molecule has 0 saturated carbocycles. The SMILES string of the molecule is COS(=O)(=O)c1oc(S(=O)(=O)OC)c(S(=O)(=O)OC)c1S. The number of furan rings is 1. The molecule has 0 N–H and O–H groups in total. The predicted octanol–water partition coefficient (Wildman–Crippen LogP) is -0.426. The predicted molar refractivity (Wildman–Crippen MR) is 68.5 cm³/mol. The van der Waals surface area contributed by atoms with Gasteiger partial charge in [0.1, 0.15) is 0 Å². The molecule has 1 heterocycles. The van der Waals surface area contributed by atoms with Crippen molar-refractivity contribution in [3.63, 3.8) is 0 Å². The Bertz CT molecular complexity index is 841. The third-order valence-electron chi connectivity index (χ3n) is 2.14. The van der Waals surface area contributed by atoms with Gasteiger partial charge in [0.05, 0.1) is 26.2 Å². The standard InChI is InChI=1S/C7H10O10S4/c1-14-19(8,9)5-4(18)6(20(10,11)15-2)17-7(5)21(12,13)16-3/h18H,1-3H3. The molecule has 0 aliphatic rings. The molecular formula is C7H10O10S4. The summed E-state index contributed by atoms with van der Waals surface area (Å²) >= 11 is 3.67. The summed E-state index contributed by atoms with van der Waals surface area (Å²) in [5.74, 6) is 0. The van der Waals surface area contributed by atoms with Crippen molar-refractivity contribution in [1.82, 2.24) is 0 Å². The lowest BCUT2D eigenvalue weighted by Crippen LogP contribution is -2.10. The Morgan fingerprint density at radius 1 is 0.762 bits per heavy atom. The molecule has 0 saturated heterocycles. The molecule has 0 amide bonds. The van der Waals surface area contributed by atoms with E-state index in [-0.39, 0.29) is 0 Å². The summed E-state index contributed by atoms with van der Waals surface area (Å²) in [7, 11) is -11.7. The van der Waals surface area contributed by atoms with Gasteiger partial charge in [-0.2, -0.15) is 25.3 Å². The van der Waals surface area contributed by atoms with Crippen LogP contribution in [0.3, 0.4) is 0 Å². The molecule has 10 nitrogen and oxygen atoms in total. The van der Waals surface area contributed by atoms with E-state index in [1.807, 2.05) is 0 Å². The Morgan fingerprint density at radius 2 is 1.14 bits per heavy atom. The molecule has 0 aromatic carbocycles. The van der Waals surface area contributed by atoms with Crippen LogP contribution in [0.5, 0.6) is 0 Å². The maximum Gasteiger partial charge on any atom is 0.331 e. The van der Waals surface area contributed by atoms with Crippen LogP contribution in [0.15, 0.2) is 24.4 Å². The van der Waals surface area contributed by atoms with Crippen LogP contribution in [-0.2, 0) is 42.9 Å². The summed E-state index contributed by atoms with van der Waals surface area (Å²) < 4.78 is 86.9. The Hall–Kier alpha value is -0.640. The van der Waals surface area contributed by atoms with Gasteiger partial charge < -0.3 is 4.42 Å². The van der Waals surface area contributed by atoms with Gasteiger partial charge in [0.25, 0.3) is 10.2 Å². The topological polar surface area (TPSA) is 143 Å². The summed E-state index contributed by atoms with van der Waals surface area (Å²) in [6, 6.07) is 0. The smallest absolute Gasteiger partial charge is 0.331 e. The molecule has 0 aliphatic heterocycles. The molecule has 1 aromatic rings. The molecule has 0 spiro atoms. The van der Waals surface area contributed by atoms with Crippen molar-refractivity contribution >= 4 is 43.0 Å². The first-order valence-corrected chi connectivity index (χ1v) is 9.39. The van der Waals surface area contributed by atoms with Gasteiger partial charge in [-0.05, 0) is 0 Å². The van der Waals surface area contributed by atoms with Gasteiger partial charge >= 0.3 is 30.4 Å². The maximum atomic E-state index is 11.7. The van der Waals surface area contributed by atoms with Gasteiger partial charge in [0, 0.05) is 0 Å². The molecular weight excluding hydrogens is 372 g/mol. The van der Waals surface area contributed by atoms with Crippen LogP contribution in [0.25, 0.3) is 0 Å². The Kier molecular flexibility index (Phi) is 5.14. The van der Waals surface area contributed by atoms with Crippen LogP contribution in [0.2, 0.25) is 0 Å². The van der Waals surface area contributed by atoms with E-state index in [0.29, 0.717) is 0 Å². The number of hydrogen-bond acceptors (Lipinski definition) is 11. The van der Waals surface area contributed by atoms with Gasteiger partial charge in [-0.1, -0.05) is 0 Å². The van der Waals surface area contributed by atoms with Crippen LogP contribution in [-0.4, -0.2) is 46.6 Å². The highest BCUT2D eigenvalue weighted by atomic mass is 32.2. The minimum absolute atomic E-state index is 0.726. The highest BCUT2D eigenvalue weighted by molar-refractivity contribution is 7.91. The largest absolute Gasteiger partial charge is 0.426 e. The van der Waals surface area contributed by atoms with Gasteiger partial charge in [-0.15, -0.1) is 12.6 Å². The zero-order valence-corrected chi connectivity index (χ0v) is 14.1. The second-order valence-electron chi connectivity index (χ2n) is 3.22. The van der Waals surface area contributed by atoms with Gasteiger partial charge in [-0.25, -0.2) is 0 Å². The first-order chi connectivity index (χ1) is 9.44. The summed E-state index contributed by atoms with van der Waals surface area (Å²) in [5, 5.41) is -2.40. The average Bonchev–Trinajstić information content (AvgIpc) is 2.78. The van der Waals surface area contributed by atoms with Crippen LogP contribution < -0.4 is 0 Å². The molecule has 0 aliphatic carbocycles. The molecule has 1 aromatic heterocycles. The van der Waals surface area contributed by atoms with E-state index in [4.69, 9.17) is 0 Å². The van der Waals surface area contributed by atoms with Gasteiger partial charge in [0.15, 0.2) is 4.90 Å². The molecule has 0 bridgehead atoms. The van der Waals surface area contributed by atoms with E-state index in [9.17, 15) is 25.3 Å². The van der Waals surface area contributed by atoms with E-state index in [0.717, 1.165) is 21.3 Å². The van der Waals surface area contributed by atoms with Crippen molar-refractivity contribution in [2.75, 3.05) is 21.3 Å². The molecule has 1 rings (SSSR count). The van der Waals surface area contributed by atoms with Crippen molar-refractivity contribution in [2.24, 2.45) is 0 Å². The second kappa shape index (κ2) is 5.86. The zero-order valence-electron chi connectivity index (χ0n) is 10.8. The monoisotopic (exact) mass is 382 g/mol. The highest BCUT2D eigenvalue weighted by Gasteiger charge is 2.40. The third-order valence-corrected chi connectivity index (χ3v) is 6.69. The Labute approximate surface area is 126 Å². The van der Waals surface area contributed by atoms with Crippen LogP contribution in [0.4, 0.5) is 0 Å². The Morgan fingerprint density at radius 3 is 1.52 bits per heavy atom. The number of rotatable bonds is 6. The zero-order chi connectivity index (χ0) is 16.6. The van der Waals surface area contributed by atoms with E-state index in [1.165, 1.54) is 0 Å². The fourth-order valence-corrected chi connectivity index (χ4v) is 4.86. The van der Waals surface area contributed by atoms with Crippen molar-refractivity contribution < 1.29 is 42.2 Å². The second-order valence-corrected chi connectivity index (χ2v) is 8.54. The highest BCUT2D eigenvalue weighted by Crippen LogP contribution is 2.37. The van der Waals surface area contributed by atoms with Crippen LogP contribution in [0.1, 0.15) is 0 Å². The third kappa shape index (κ3) is 3.25. The van der Waals surface area contributed by atoms with E-state index < -0.39 is 50.3 Å². The normalized spacial score (nSPS) is 13.5. The molecule has 0 fully saturated rings. The average molecular weight is 382 g/mol. The van der Waals surface area contributed by atoms with Crippen molar-refractivity contribution in [1.29, 1.82) is 0 Å². The van der Waals surface area contributed by atoms with Crippen LogP contribution in [0, 0.1) is 0 Å². The first-order valence-electron chi connectivity index (χ1n) is 4.72. The maximum absolute atomic E-state index is 11.7. The van der Waals surface area contributed by atoms with Crippen molar-refractivity contribution in [2.45, 2.75) is 20.0 Å². The first kappa shape index (κ1) is 18.4. The van der Waals surface area contributed by atoms with Gasteiger partial charge in [-0.3, -0.25) is 12.5 Å². The Balaban J connectivity index is 3.96. The van der Waals surface area contributed by atoms with Crippen molar-refractivity contribution in [3.05, 3.63) is 0 Å². The molecule has 0 unspecified atom stereocenters. The lowest BCUT2D eigenvalue weighted by atomic mass is 10.6. The molecule has 21 heavy (non-hydrogen) atoms. The van der Waals surface area contributed by atoms with E-state index in [1.54, 1.807) is 0 Å². The number of thiol groups is 1. The van der Waals surface area contributed by atoms with Crippen molar-refractivity contribution in [3.8, 4) is 0 Å². The van der Waals surface area contributed by atoms with Gasteiger partial charge in [0.2, 0.25) is 0 Å². The summed E-state index contributed by atoms with van der Waals surface area (Å²) in [5.41, 5.74) is 0. The molecule has 0 atom stereocenters. The fraction of sp³-hybridized carbons (Fsp3) is 0.429. The molecule has 14 heteroatoms. The summed E-state index contributed by atoms with van der Waals surface area (Å²) in [4.78, 5) is -1.92. The number of hydrogen-bond donors (Lipinski definition) is 1.